The van der Waals surface area contributed by atoms with Crippen molar-refractivity contribution in [1.82, 2.24) is 4.57 Å². The number of ketones is 1. The van der Waals surface area contributed by atoms with Crippen molar-refractivity contribution in [3.63, 3.8) is 0 Å². The van der Waals surface area contributed by atoms with Crippen molar-refractivity contribution < 1.29 is 9.36 Å². The first-order chi connectivity index (χ1) is 8.58. The number of aromatic nitrogens is 2. The second-order valence-corrected chi connectivity index (χ2v) is 4.66. The first-order valence-electron chi connectivity index (χ1n) is 5.71. The van der Waals surface area contributed by atoms with Crippen LogP contribution in [0, 0.1) is 0 Å². The Labute approximate surface area is 112 Å². The molecule has 0 fully saturated rings. The fourth-order valence-corrected chi connectivity index (χ4v) is 2.04. The molecular formula is C13H14BClN2O. The van der Waals surface area contributed by atoms with Crippen LogP contribution in [0.1, 0.15) is 10.4 Å². The summed E-state index contributed by atoms with van der Waals surface area (Å²) in [5.74, 6) is 0.0682. The van der Waals surface area contributed by atoms with Gasteiger partial charge in [0.1, 0.15) is 18.2 Å². The highest BCUT2D eigenvalue weighted by Gasteiger charge is 2.04. The van der Waals surface area contributed by atoms with Gasteiger partial charge in [-0.2, -0.15) is 13.6 Å². The summed E-state index contributed by atoms with van der Waals surface area (Å²) < 4.78 is 3.95. The quantitative estimate of drug-likeness (QED) is 0.460. The van der Waals surface area contributed by atoms with Gasteiger partial charge in [-0.15, -0.1) is 0 Å². The largest absolute Gasteiger partial charge is 0.298 e. The Morgan fingerprint density at radius 1 is 1.50 bits per heavy atom. The molecule has 5 heteroatoms. The third-order valence-corrected chi connectivity index (χ3v) is 3.09. The summed E-state index contributed by atoms with van der Waals surface area (Å²) in [4.78, 5) is 12.0. The van der Waals surface area contributed by atoms with E-state index >= 15 is 0 Å². The number of carbonyl (C=O) groups excluding carboxylic acids is 1. The minimum absolute atomic E-state index is 0.0682. The van der Waals surface area contributed by atoms with Gasteiger partial charge in [0.25, 0.3) is 0 Å². The van der Waals surface area contributed by atoms with Gasteiger partial charge in [0.2, 0.25) is 0 Å². The van der Waals surface area contributed by atoms with E-state index in [-0.39, 0.29) is 5.78 Å². The molecule has 0 saturated heterocycles. The Bertz CT molecular complexity index is 561. The van der Waals surface area contributed by atoms with E-state index < -0.39 is 0 Å². The highest BCUT2D eigenvalue weighted by molar-refractivity contribution is 6.55. The van der Waals surface area contributed by atoms with E-state index in [1.54, 1.807) is 24.3 Å². The van der Waals surface area contributed by atoms with Gasteiger partial charge in [0.05, 0.1) is 14.1 Å². The van der Waals surface area contributed by atoms with Crippen LogP contribution in [0.25, 0.3) is 0 Å². The zero-order valence-electron chi connectivity index (χ0n) is 10.4. The average molecular weight is 261 g/mol. The fourth-order valence-electron chi connectivity index (χ4n) is 1.85. The molecule has 1 aromatic carbocycles. The molecule has 2 rings (SSSR count). The third kappa shape index (κ3) is 2.82. The summed E-state index contributed by atoms with van der Waals surface area (Å²) >= 11 is 5.87. The van der Waals surface area contributed by atoms with Crippen LogP contribution in [0.3, 0.4) is 0 Å². The number of nitrogens with zero attached hydrogens (tertiary/aromatic N) is 2. The summed E-state index contributed by atoms with van der Waals surface area (Å²) in [7, 11) is 5.83. The minimum Gasteiger partial charge on any atom is -0.298 e. The van der Waals surface area contributed by atoms with Crippen molar-refractivity contribution in [2.24, 2.45) is 14.1 Å². The Morgan fingerprint density at radius 3 is 2.89 bits per heavy atom. The molecule has 2 radical (unpaired) electrons. The summed E-state index contributed by atoms with van der Waals surface area (Å²) in [6, 6.07) is 7.03. The van der Waals surface area contributed by atoms with Crippen LogP contribution in [0.15, 0.2) is 36.7 Å². The predicted molar refractivity (Wildman–Crippen MR) is 72.6 cm³/mol. The van der Waals surface area contributed by atoms with Crippen LogP contribution in [-0.4, -0.2) is 17.6 Å². The van der Waals surface area contributed by atoms with E-state index in [1.165, 1.54) is 0 Å². The molecule has 92 valence electrons. The lowest BCUT2D eigenvalue weighted by atomic mass is 9.70. The van der Waals surface area contributed by atoms with Crippen LogP contribution in [0.2, 0.25) is 11.3 Å². The van der Waals surface area contributed by atoms with Gasteiger partial charge in [-0.3, -0.25) is 13.9 Å². The number of carbonyl (C=O) groups is 1. The Balaban J connectivity index is 2.05. The van der Waals surface area contributed by atoms with E-state index in [9.17, 15) is 4.79 Å². The van der Waals surface area contributed by atoms with Crippen molar-refractivity contribution in [2.45, 2.75) is 6.32 Å². The van der Waals surface area contributed by atoms with Crippen molar-refractivity contribution in [3.05, 3.63) is 47.2 Å². The van der Waals surface area contributed by atoms with Crippen molar-refractivity contribution in [1.29, 1.82) is 0 Å². The maximum Gasteiger partial charge on any atom is 0.125 e. The molecule has 0 aliphatic heterocycles. The number of hydrogen-bond donors (Lipinski definition) is 0. The molecule has 0 atom stereocenters. The zero-order valence-corrected chi connectivity index (χ0v) is 11.2. The Hall–Kier alpha value is -1.55. The molecule has 18 heavy (non-hydrogen) atoms. The molecule has 0 aliphatic rings. The van der Waals surface area contributed by atoms with Gasteiger partial charge < -0.3 is 0 Å². The second kappa shape index (κ2) is 5.40. The van der Waals surface area contributed by atoms with Crippen molar-refractivity contribution in [3.8, 4) is 0 Å². The lowest BCUT2D eigenvalue weighted by Crippen LogP contribution is -2.49. The number of Topliss-reactive ketones (excluding diaryl/α,β-unsaturated/α-hetero) is 1. The molecule has 0 amide bonds. The van der Waals surface area contributed by atoms with E-state index in [1.807, 2.05) is 42.9 Å². The standard InChI is InChI=1S/C13H14BClN2O/c1-16-6-7-17(2)13(16)14-9-12(18)10-4-3-5-11(15)8-10/h3-8H,9H2,1-2H3. The molecule has 3 nitrogen and oxygen atoms in total. The van der Waals surface area contributed by atoms with E-state index in [2.05, 4.69) is 0 Å². The van der Waals surface area contributed by atoms with E-state index in [0.717, 1.165) is 5.72 Å². The molecule has 0 bridgehead atoms. The summed E-state index contributed by atoms with van der Waals surface area (Å²) in [5, 5.41) is 0.588. The van der Waals surface area contributed by atoms with Crippen LogP contribution in [0.5, 0.6) is 0 Å². The van der Waals surface area contributed by atoms with Gasteiger partial charge in [-0.25, -0.2) is 0 Å². The fraction of sp³-hybridized carbons (Fsp3) is 0.231. The second-order valence-electron chi connectivity index (χ2n) is 4.22. The van der Waals surface area contributed by atoms with Crippen LogP contribution < -0.4 is 10.3 Å². The SMILES string of the molecule is Cn1cc[n+](C)c1[B-]CC(=O)c1cccc(Cl)c1. The average Bonchev–Trinajstić information content (AvgIpc) is 2.66. The predicted octanol–water partition coefficient (Wildman–Crippen LogP) is 1.13. The molecule has 0 N–H and O–H groups in total. The van der Waals surface area contributed by atoms with E-state index in [0.29, 0.717) is 16.9 Å². The molecular weight excluding hydrogens is 246 g/mol. The molecule has 0 unspecified atom stereocenters. The molecule has 0 aliphatic carbocycles. The molecule has 1 aromatic heterocycles. The molecule has 2 aromatic rings. The smallest absolute Gasteiger partial charge is 0.125 e. The van der Waals surface area contributed by atoms with Crippen LogP contribution in [0.4, 0.5) is 0 Å². The number of aryl methyl sites for hydroxylation is 2. The Kier molecular flexibility index (Phi) is 3.87. The molecule has 0 saturated carbocycles. The van der Waals surface area contributed by atoms with Gasteiger partial charge in [-0.05, 0) is 12.1 Å². The topological polar surface area (TPSA) is 25.9 Å². The normalized spacial score (nSPS) is 10.6. The third-order valence-electron chi connectivity index (χ3n) is 2.85. The minimum atomic E-state index is 0.0682. The van der Waals surface area contributed by atoms with Gasteiger partial charge >= 0.3 is 0 Å². The number of rotatable bonds is 4. The lowest BCUT2D eigenvalue weighted by Gasteiger charge is -2.12. The van der Waals surface area contributed by atoms with Crippen molar-refractivity contribution >= 4 is 30.4 Å². The summed E-state index contributed by atoms with van der Waals surface area (Å²) in [6.07, 6.45) is 4.28. The van der Waals surface area contributed by atoms with Crippen molar-refractivity contribution in [2.75, 3.05) is 0 Å². The first kappa shape index (κ1) is 12.9. The monoisotopic (exact) mass is 260 g/mol. The lowest BCUT2D eigenvalue weighted by molar-refractivity contribution is -0.653. The van der Waals surface area contributed by atoms with E-state index in [4.69, 9.17) is 11.6 Å². The Morgan fingerprint density at radius 2 is 2.28 bits per heavy atom. The van der Waals surface area contributed by atoms with Crippen LogP contribution in [-0.2, 0) is 14.1 Å². The zero-order chi connectivity index (χ0) is 13.1. The van der Waals surface area contributed by atoms with Gasteiger partial charge in [-0.1, -0.05) is 23.7 Å². The number of hydrogen-bond acceptors (Lipinski definition) is 1. The summed E-state index contributed by atoms with van der Waals surface area (Å²) in [5.41, 5.74) is 1.65. The van der Waals surface area contributed by atoms with Gasteiger partial charge in [0, 0.05) is 16.3 Å². The maximum absolute atomic E-state index is 12.0. The number of imidazole rings is 1. The number of benzene rings is 1. The number of halogens is 1. The maximum atomic E-state index is 12.0. The summed E-state index contributed by atoms with van der Waals surface area (Å²) in [6.45, 7) is 0. The molecule has 0 spiro atoms. The van der Waals surface area contributed by atoms with Crippen LogP contribution >= 0.6 is 11.6 Å². The molecule has 1 heterocycles. The van der Waals surface area contributed by atoms with Gasteiger partial charge in [0.15, 0.2) is 0 Å². The first-order valence-corrected chi connectivity index (χ1v) is 6.08. The highest BCUT2D eigenvalue weighted by atomic mass is 35.5. The highest BCUT2D eigenvalue weighted by Crippen LogP contribution is 2.12.